The molecule has 0 radical (unpaired) electrons. The van der Waals surface area contributed by atoms with Crippen LogP contribution in [0, 0.1) is 13.8 Å². The minimum absolute atomic E-state index is 0.0509. The normalized spacial score (nSPS) is 15.7. The Balaban J connectivity index is 1.44. The van der Waals surface area contributed by atoms with Gasteiger partial charge in [-0.3, -0.25) is 14.6 Å². The number of aliphatic carboxylic acids is 1. The number of carbonyl (C=O) groups excluding carboxylic acids is 1. The van der Waals surface area contributed by atoms with E-state index in [0.717, 1.165) is 54.2 Å². The Hall–Kier alpha value is -4.22. The van der Waals surface area contributed by atoms with Crippen LogP contribution >= 0.6 is 0 Å². The van der Waals surface area contributed by atoms with E-state index in [-0.39, 0.29) is 19.1 Å². The molecule has 0 atom stereocenters. The van der Waals surface area contributed by atoms with Gasteiger partial charge in [-0.1, -0.05) is 18.2 Å². The van der Waals surface area contributed by atoms with Crippen LogP contribution in [0.4, 0.5) is 33.6 Å². The van der Waals surface area contributed by atoms with E-state index in [2.05, 4.69) is 27.1 Å². The van der Waals surface area contributed by atoms with Crippen molar-refractivity contribution in [2.45, 2.75) is 33.2 Å². The number of aromatic nitrogens is 2. The number of benzene rings is 2. The molecule has 2 aliphatic heterocycles. The lowest BCUT2D eigenvalue weighted by Crippen LogP contribution is -2.49. The van der Waals surface area contributed by atoms with Gasteiger partial charge in [-0.25, -0.2) is 9.78 Å². The SMILES string of the molecule is Cc1cccc(C)c1N1Cc2cnc(Nc3ccc(N4CCN(C)CC4)c(CC(=O)O)c3)nc2N(CCCO)C1=O. The molecule has 5 rings (SSSR count). The third-order valence-electron chi connectivity index (χ3n) is 7.66. The molecular weight excluding hydrogens is 522 g/mol. The molecule has 41 heavy (non-hydrogen) atoms. The third kappa shape index (κ3) is 6.10. The lowest BCUT2D eigenvalue weighted by molar-refractivity contribution is -0.136. The highest BCUT2D eigenvalue weighted by molar-refractivity contribution is 6.06. The zero-order chi connectivity index (χ0) is 29.1. The topological polar surface area (TPSA) is 125 Å². The first-order valence-electron chi connectivity index (χ1n) is 13.9. The maximum Gasteiger partial charge on any atom is 0.330 e. The predicted octanol–water partition coefficient (Wildman–Crippen LogP) is 3.54. The molecule has 3 aromatic rings. The number of amides is 2. The van der Waals surface area contributed by atoms with Crippen molar-refractivity contribution >= 4 is 40.8 Å². The number of nitrogens with one attached hydrogen (secondary N) is 1. The highest BCUT2D eigenvalue weighted by atomic mass is 16.4. The average molecular weight is 560 g/mol. The lowest BCUT2D eigenvalue weighted by Gasteiger charge is -2.37. The van der Waals surface area contributed by atoms with E-state index < -0.39 is 5.97 Å². The number of hydrogen-bond donors (Lipinski definition) is 3. The molecule has 2 aromatic carbocycles. The largest absolute Gasteiger partial charge is 0.481 e. The first-order chi connectivity index (χ1) is 19.7. The number of para-hydroxylation sites is 1. The molecule has 216 valence electrons. The Bertz CT molecular complexity index is 1420. The molecule has 2 aliphatic rings. The van der Waals surface area contributed by atoms with Crippen molar-refractivity contribution < 1.29 is 19.8 Å². The number of carboxylic acid groups (broad SMARTS) is 1. The number of nitrogens with zero attached hydrogens (tertiary/aromatic N) is 6. The molecule has 1 fully saturated rings. The molecule has 1 saturated heterocycles. The van der Waals surface area contributed by atoms with Crippen molar-refractivity contribution in [3.05, 3.63) is 64.8 Å². The van der Waals surface area contributed by atoms with E-state index >= 15 is 0 Å². The number of aliphatic hydroxyl groups excluding tert-OH is 1. The van der Waals surface area contributed by atoms with Crippen LogP contribution in [0.5, 0.6) is 0 Å². The molecule has 0 unspecified atom stereocenters. The number of urea groups is 1. The second-order valence-electron chi connectivity index (χ2n) is 10.7. The van der Waals surface area contributed by atoms with Crippen molar-refractivity contribution in [3.8, 4) is 0 Å². The molecule has 3 N–H and O–H groups in total. The van der Waals surface area contributed by atoms with Gasteiger partial charge >= 0.3 is 12.0 Å². The van der Waals surface area contributed by atoms with Crippen LogP contribution in [0.2, 0.25) is 0 Å². The fraction of sp³-hybridized carbons (Fsp3) is 0.400. The summed E-state index contributed by atoms with van der Waals surface area (Å²) in [6.07, 6.45) is 2.03. The van der Waals surface area contributed by atoms with Gasteiger partial charge in [0.25, 0.3) is 0 Å². The molecule has 0 aliphatic carbocycles. The quantitative estimate of drug-likeness (QED) is 0.361. The molecule has 11 nitrogen and oxygen atoms in total. The van der Waals surface area contributed by atoms with Gasteiger partial charge in [0, 0.05) is 62.5 Å². The van der Waals surface area contributed by atoms with Gasteiger partial charge in [0.15, 0.2) is 0 Å². The Labute approximate surface area is 240 Å². The Kier molecular flexibility index (Phi) is 8.36. The number of aryl methyl sites for hydroxylation is 2. The maximum atomic E-state index is 13.8. The van der Waals surface area contributed by atoms with Crippen LogP contribution < -0.4 is 20.0 Å². The van der Waals surface area contributed by atoms with Gasteiger partial charge in [0.2, 0.25) is 5.95 Å². The fourth-order valence-electron chi connectivity index (χ4n) is 5.57. The number of hydrogen-bond acceptors (Lipinski definition) is 8. The van der Waals surface area contributed by atoms with Crippen molar-refractivity contribution in [3.63, 3.8) is 0 Å². The maximum absolute atomic E-state index is 13.8. The monoisotopic (exact) mass is 559 g/mol. The fourth-order valence-corrected chi connectivity index (χ4v) is 5.57. The lowest BCUT2D eigenvalue weighted by atomic mass is 10.1. The summed E-state index contributed by atoms with van der Waals surface area (Å²) in [5.41, 5.74) is 5.97. The minimum Gasteiger partial charge on any atom is -0.481 e. The van der Waals surface area contributed by atoms with Crippen LogP contribution in [0.3, 0.4) is 0 Å². The summed E-state index contributed by atoms with van der Waals surface area (Å²) in [7, 11) is 2.08. The third-order valence-corrected chi connectivity index (χ3v) is 7.66. The Morgan fingerprint density at radius 2 is 1.80 bits per heavy atom. The molecular formula is C30H37N7O4. The van der Waals surface area contributed by atoms with Crippen molar-refractivity contribution in [2.24, 2.45) is 0 Å². The van der Waals surface area contributed by atoms with Gasteiger partial charge in [0.05, 0.1) is 18.7 Å². The van der Waals surface area contributed by atoms with Crippen LogP contribution in [-0.2, 0) is 17.8 Å². The summed E-state index contributed by atoms with van der Waals surface area (Å²) >= 11 is 0. The summed E-state index contributed by atoms with van der Waals surface area (Å²) in [5, 5.41) is 22.3. The molecule has 1 aromatic heterocycles. The molecule has 2 amide bonds. The Morgan fingerprint density at radius 3 is 2.49 bits per heavy atom. The van der Waals surface area contributed by atoms with E-state index in [0.29, 0.717) is 42.5 Å². The zero-order valence-electron chi connectivity index (χ0n) is 23.8. The van der Waals surface area contributed by atoms with Crippen LogP contribution in [-0.4, -0.2) is 83.5 Å². The number of anilines is 5. The van der Waals surface area contributed by atoms with Gasteiger partial charge in [-0.05, 0) is 62.2 Å². The smallest absolute Gasteiger partial charge is 0.330 e. The van der Waals surface area contributed by atoms with E-state index in [1.807, 2.05) is 50.2 Å². The molecule has 0 spiro atoms. The van der Waals surface area contributed by atoms with Crippen molar-refractivity contribution in [1.29, 1.82) is 0 Å². The molecule has 11 heteroatoms. The van der Waals surface area contributed by atoms with E-state index in [9.17, 15) is 19.8 Å². The minimum atomic E-state index is -0.894. The molecule has 3 heterocycles. The second kappa shape index (κ2) is 12.1. The number of carboxylic acids is 1. The van der Waals surface area contributed by atoms with Crippen LogP contribution in [0.15, 0.2) is 42.6 Å². The highest BCUT2D eigenvalue weighted by Gasteiger charge is 2.34. The number of piperazine rings is 1. The summed E-state index contributed by atoms with van der Waals surface area (Å²) < 4.78 is 0. The second-order valence-corrected chi connectivity index (χ2v) is 10.7. The summed E-state index contributed by atoms with van der Waals surface area (Å²) in [4.78, 5) is 42.5. The highest BCUT2D eigenvalue weighted by Crippen LogP contribution is 2.35. The Morgan fingerprint density at radius 1 is 1.07 bits per heavy atom. The first-order valence-corrected chi connectivity index (χ1v) is 13.9. The van der Waals surface area contributed by atoms with Gasteiger partial charge in [-0.15, -0.1) is 0 Å². The van der Waals surface area contributed by atoms with Crippen molar-refractivity contribution in [1.82, 2.24) is 14.9 Å². The number of aliphatic hydroxyl groups is 1. The molecule has 0 bridgehead atoms. The summed E-state index contributed by atoms with van der Waals surface area (Å²) in [6, 6.07) is 11.4. The number of likely N-dealkylation sites (N-methyl/N-ethyl adjacent to an activating group) is 1. The predicted molar refractivity (Wildman–Crippen MR) is 159 cm³/mol. The van der Waals surface area contributed by atoms with E-state index in [1.54, 1.807) is 16.0 Å². The first kappa shape index (κ1) is 28.3. The van der Waals surface area contributed by atoms with Gasteiger partial charge in [0.1, 0.15) is 5.82 Å². The van der Waals surface area contributed by atoms with Crippen LogP contribution in [0.1, 0.15) is 28.7 Å². The van der Waals surface area contributed by atoms with Gasteiger partial charge in [-0.2, -0.15) is 4.98 Å². The van der Waals surface area contributed by atoms with E-state index in [1.165, 1.54) is 0 Å². The number of fused-ring (bicyclic) bond motifs is 1. The summed E-state index contributed by atoms with van der Waals surface area (Å²) in [5.74, 6) is -0.0861. The molecule has 0 saturated carbocycles. The number of rotatable bonds is 9. The van der Waals surface area contributed by atoms with Crippen LogP contribution in [0.25, 0.3) is 0 Å². The zero-order valence-corrected chi connectivity index (χ0v) is 23.8. The van der Waals surface area contributed by atoms with Crippen molar-refractivity contribution in [2.75, 3.05) is 66.4 Å². The van der Waals surface area contributed by atoms with E-state index in [4.69, 9.17) is 4.98 Å². The number of carbonyl (C=O) groups is 2. The van der Waals surface area contributed by atoms with Gasteiger partial charge < -0.3 is 25.3 Å². The average Bonchev–Trinajstić information content (AvgIpc) is 2.93. The summed E-state index contributed by atoms with van der Waals surface area (Å²) in [6.45, 7) is 8.07. The standard InChI is InChI=1S/C30H37N7O4/c1-20-6-4-7-21(2)27(20)37-19-23-18-31-29(33-28(23)36(30(37)41)10-5-15-38)32-24-8-9-25(22(16-24)17-26(39)40)35-13-11-34(3)12-14-35/h4,6-9,16,18,38H,5,10-15,17,19H2,1-3H3,(H,39,40)(H,31,32,33).